The van der Waals surface area contributed by atoms with Gasteiger partial charge in [-0.3, -0.25) is 0 Å². The maximum absolute atomic E-state index is 12.4. The Bertz CT molecular complexity index is 922. The highest BCUT2D eigenvalue weighted by atomic mass is 16.2. The fraction of sp³-hybridized carbons (Fsp3) is 0.462. The molecule has 0 saturated heterocycles. The van der Waals surface area contributed by atoms with Gasteiger partial charge in [-0.15, -0.1) is 0 Å². The molecule has 4 amide bonds. The van der Waals surface area contributed by atoms with Crippen LogP contribution in [0.2, 0.25) is 0 Å². The van der Waals surface area contributed by atoms with E-state index in [1.807, 2.05) is 64.1 Å². The predicted molar refractivity (Wildman–Crippen MR) is 131 cm³/mol. The van der Waals surface area contributed by atoms with Gasteiger partial charge in [0.25, 0.3) is 0 Å². The number of anilines is 2. The maximum Gasteiger partial charge on any atom is 0.319 e. The highest BCUT2D eigenvalue weighted by Gasteiger charge is 2.47. The van der Waals surface area contributed by atoms with Gasteiger partial charge in [-0.25, -0.2) is 9.59 Å². The van der Waals surface area contributed by atoms with Crippen molar-refractivity contribution in [1.29, 1.82) is 0 Å². The zero-order valence-corrected chi connectivity index (χ0v) is 20.1. The molecule has 2 aromatic rings. The summed E-state index contributed by atoms with van der Waals surface area (Å²) in [5, 5.41) is 11.9. The van der Waals surface area contributed by atoms with Crippen molar-refractivity contribution in [2.24, 2.45) is 17.3 Å². The molecular weight excluding hydrogens is 400 g/mol. The molecule has 4 N–H and O–H groups in total. The number of carbonyl (C=O) groups is 2. The van der Waals surface area contributed by atoms with E-state index in [0.29, 0.717) is 24.9 Å². The molecule has 1 saturated carbocycles. The molecule has 6 heteroatoms. The molecule has 172 valence electrons. The molecule has 0 heterocycles. The van der Waals surface area contributed by atoms with Crippen molar-refractivity contribution in [1.82, 2.24) is 10.6 Å². The summed E-state index contributed by atoms with van der Waals surface area (Å²) in [5.41, 5.74) is 6.03. The summed E-state index contributed by atoms with van der Waals surface area (Å²) in [4.78, 5) is 24.7. The van der Waals surface area contributed by atoms with Gasteiger partial charge in [-0.1, -0.05) is 38.1 Å². The van der Waals surface area contributed by atoms with E-state index in [9.17, 15) is 9.59 Å². The van der Waals surface area contributed by atoms with Gasteiger partial charge in [0.05, 0.1) is 0 Å². The summed E-state index contributed by atoms with van der Waals surface area (Å²) in [6, 6.07) is 11.7. The molecule has 1 aliphatic carbocycles. The fourth-order valence-electron chi connectivity index (χ4n) is 4.32. The standard InChI is InChI=1S/C26H36N4O2/c1-16-7-9-18(3)22(11-16)29-24(31)27-14-20-13-21(26(20,5)6)15-28-25(32)30-23-12-17(2)8-10-19(23)4/h7-12,20-21H,13-15H2,1-6H3,(H2,27,29,31)(H2,28,30,32)/t20-,21-/m1/s1. The summed E-state index contributed by atoms with van der Waals surface area (Å²) in [5.74, 6) is 0.751. The highest BCUT2D eigenvalue weighted by Crippen LogP contribution is 2.50. The lowest BCUT2D eigenvalue weighted by Crippen LogP contribution is -2.54. The average molecular weight is 437 g/mol. The molecule has 1 fully saturated rings. The molecule has 0 spiro atoms. The molecule has 3 rings (SSSR count). The first-order valence-electron chi connectivity index (χ1n) is 11.3. The van der Waals surface area contributed by atoms with Crippen LogP contribution in [0.5, 0.6) is 0 Å². The maximum atomic E-state index is 12.4. The number of hydrogen-bond donors (Lipinski definition) is 4. The largest absolute Gasteiger partial charge is 0.338 e. The third kappa shape index (κ3) is 5.61. The second-order valence-electron chi connectivity index (χ2n) is 9.76. The van der Waals surface area contributed by atoms with E-state index in [2.05, 4.69) is 35.1 Å². The van der Waals surface area contributed by atoms with Gasteiger partial charge in [0.15, 0.2) is 0 Å². The molecule has 0 aromatic heterocycles. The van der Waals surface area contributed by atoms with Crippen LogP contribution in [0.25, 0.3) is 0 Å². The Morgan fingerprint density at radius 3 is 1.56 bits per heavy atom. The van der Waals surface area contributed by atoms with Crippen LogP contribution in [0.15, 0.2) is 36.4 Å². The van der Waals surface area contributed by atoms with E-state index in [4.69, 9.17) is 0 Å². The van der Waals surface area contributed by atoms with E-state index < -0.39 is 0 Å². The Labute approximate surface area is 191 Å². The summed E-state index contributed by atoms with van der Waals surface area (Å²) in [6.45, 7) is 13.6. The molecule has 1 aliphatic rings. The number of carbonyl (C=O) groups excluding carboxylic acids is 2. The van der Waals surface area contributed by atoms with E-state index in [1.165, 1.54) is 0 Å². The van der Waals surface area contributed by atoms with Crippen molar-refractivity contribution in [2.75, 3.05) is 23.7 Å². The van der Waals surface area contributed by atoms with Crippen molar-refractivity contribution in [2.45, 2.75) is 48.0 Å². The van der Waals surface area contributed by atoms with Gasteiger partial charge in [-0.05, 0) is 85.8 Å². The molecule has 32 heavy (non-hydrogen) atoms. The van der Waals surface area contributed by atoms with Crippen LogP contribution >= 0.6 is 0 Å². The van der Waals surface area contributed by atoms with Crippen molar-refractivity contribution in [3.63, 3.8) is 0 Å². The highest BCUT2D eigenvalue weighted by molar-refractivity contribution is 5.90. The Balaban J connectivity index is 1.43. The van der Waals surface area contributed by atoms with Crippen molar-refractivity contribution in [3.05, 3.63) is 58.7 Å². The van der Waals surface area contributed by atoms with Gasteiger partial charge in [0.2, 0.25) is 0 Å². The summed E-state index contributed by atoms with van der Waals surface area (Å²) in [6.07, 6.45) is 0.973. The molecule has 6 nitrogen and oxygen atoms in total. The molecule has 2 aromatic carbocycles. The first-order chi connectivity index (χ1) is 15.1. The Morgan fingerprint density at radius 2 is 1.19 bits per heavy atom. The van der Waals surface area contributed by atoms with Crippen molar-refractivity contribution in [3.8, 4) is 0 Å². The summed E-state index contributed by atoms with van der Waals surface area (Å²) in [7, 11) is 0. The summed E-state index contributed by atoms with van der Waals surface area (Å²) < 4.78 is 0. The Kier molecular flexibility index (Phi) is 7.12. The minimum Gasteiger partial charge on any atom is -0.338 e. The number of hydrogen-bond acceptors (Lipinski definition) is 2. The zero-order chi connectivity index (χ0) is 23.5. The SMILES string of the molecule is Cc1ccc(C)c(NC(=O)NC[C@H]2C[C@H](CNC(=O)Nc3cc(C)ccc3C)C2(C)C)c1. The number of nitrogens with one attached hydrogen (secondary N) is 4. The lowest BCUT2D eigenvalue weighted by molar-refractivity contribution is -0.0142. The molecule has 0 unspecified atom stereocenters. The van der Waals surface area contributed by atoms with Crippen LogP contribution in [0, 0.1) is 44.9 Å². The lowest BCUT2D eigenvalue weighted by atomic mass is 9.54. The van der Waals surface area contributed by atoms with Gasteiger partial charge >= 0.3 is 12.1 Å². The number of amides is 4. The predicted octanol–water partition coefficient (Wildman–Crippen LogP) is 5.53. The van der Waals surface area contributed by atoms with E-state index in [-0.39, 0.29) is 17.5 Å². The van der Waals surface area contributed by atoms with Crippen LogP contribution in [0.3, 0.4) is 0 Å². The van der Waals surface area contributed by atoms with Crippen LogP contribution < -0.4 is 21.3 Å². The first kappa shape index (κ1) is 23.6. The number of benzene rings is 2. The minimum absolute atomic E-state index is 0.0407. The Hall–Kier alpha value is -3.02. The molecule has 0 radical (unpaired) electrons. The normalized spacial score (nSPS) is 18.9. The Morgan fingerprint density at radius 1 is 0.781 bits per heavy atom. The smallest absolute Gasteiger partial charge is 0.319 e. The minimum atomic E-state index is -0.177. The van der Waals surface area contributed by atoms with Crippen LogP contribution in [-0.4, -0.2) is 25.2 Å². The first-order valence-corrected chi connectivity index (χ1v) is 11.3. The lowest BCUT2D eigenvalue weighted by Gasteiger charge is -2.52. The topological polar surface area (TPSA) is 82.3 Å². The average Bonchev–Trinajstić information content (AvgIpc) is 2.72. The van der Waals surface area contributed by atoms with E-state index in [1.54, 1.807) is 0 Å². The fourth-order valence-corrected chi connectivity index (χ4v) is 4.32. The molecule has 2 atom stereocenters. The molecule has 0 aliphatic heterocycles. The van der Waals surface area contributed by atoms with E-state index in [0.717, 1.165) is 40.0 Å². The molecular formula is C26H36N4O2. The van der Waals surface area contributed by atoms with Crippen LogP contribution in [0.1, 0.15) is 42.5 Å². The number of urea groups is 2. The summed E-state index contributed by atoms with van der Waals surface area (Å²) >= 11 is 0. The van der Waals surface area contributed by atoms with Crippen LogP contribution in [-0.2, 0) is 0 Å². The van der Waals surface area contributed by atoms with Crippen molar-refractivity contribution < 1.29 is 9.59 Å². The second kappa shape index (κ2) is 9.63. The quantitative estimate of drug-likeness (QED) is 0.480. The number of rotatable bonds is 6. The van der Waals surface area contributed by atoms with Gasteiger partial charge < -0.3 is 21.3 Å². The number of aryl methyl sites for hydroxylation is 4. The monoisotopic (exact) mass is 436 g/mol. The van der Waals surface area contributed by atoms with E-state index >= 15 is 0 Å². The second-order valence-corrected chi connectivity index (χ2v) is 9.76. The third-order valence-corrected chi connectivity index (χ3v) is 6.97. The van der Waals surface area contributed by atoms with Crippen molar-refractivity contribution >= 4 is 23.4 Å². The van der Waals surface area contributed by atoms with Gasteiger partial charge in [-0.2, -0.15) is 0 Å². The third-order valence-electron chi connectivity index (χ3n) is 6.97. The van der Waals surface area contributed by atoms with Gasteiger partial charge in [0.1, 0.15) is 0 Å². The zero-order valence-electron chi connectivity index (χ0n) is 20.1. The van der Waals surface area contributed by atoms with Gasteiger partial charge in [0, 0.05) is 24.5 Å². The molecule has 0 bridgehead atoms. The van der Waals surface area contributed by atoms with Crippen LogP contribution in [0.4, 0.5) is 21.0 Å².